The predicted octanol–water partition coefficient (Wildman–Crippen LogP) is 5.30. The minimum atomic E-state index is -4.98. The zero-order chi connectivity index (χ0) is 36.3. The topological polar surface area (TPSA) is 267 Å². The van der Waals surface area contributed by atoms with E-state index in [9.17, 15) is 51.9 Å². The number of benzene rings is 5. The number of hydrogen-bond acceptors (Lipinski definition) is 12. The Morgan fingerprint density at radius 3 is 1.80 bits per heavy atom. The number of hydrogen-bond donors (Lipinski definition) is 5. The van der Waals surface area contributed by atoms with Crippen LogP contribution in [0, 0.1) is 0 Å². The van der Waals surface area contributed by atoms with Crippen LogP contribution in [0.2, 0.25) is 0 Å². The molecule has 5 aromatic rings. The number of nitrogens with one attached hydrogen (secondary N) is 1. The molecule has 1 heterocycles. The van der Waals surface area contributed by atoms with Crippen molar-refractivity contribution in [2.24, 2.45) is 15.2 Å². The fourth-order valence-corrected chi connectivity index (χ4v) is 7.47. The van der Waals surface area contributed by atoms with Crippen LogP contribution in [-0.4, -0.2) is 58.1 Å². The van der Waals surface area contributed by atoms with Crippen LogP contribution in [0.4, 0.5) is 17.1 Å². The monoisotopic (exact) mass is 758 g/mol. The molecule has 0 amide bonds. The second kappa shape index (κ2) is 12.1. The van der Waals surface area contributed by atoms with Crippen molar-refractivity contribution in [3.05, 3.63) is 103 Å². The van der Waals surface area contributed by atoms with E-state index in [1.165, 1.54) is 60.8 Å². The number of rotatable bonds is 9. The molecule has 0 saturated heterocycles. The van der Waals surface area contributed by atoms with E-state index in [0.717, 1.165) is 42.5 Å². The van der Waals surface area contributed by atoms with Crippen LogP contribution in [0.1, 0.15) is 5.56 Å². The van der Waals surface area contributed by atoms with Crippen LogP contribution < -0.4 is 5.32 Å². The van der Waals surface area contributed by atoms with Crippen molar-refractivity contribution in [2.75, 3.05) is 5.32 Å². The summed E-state index contributed by atoms with van der Waals surface area (Å²) in [6.07, 6.45) is 4.41. The van der Waals surface area contributed by atoms with Crippen LogP contribution >= 0.6 is 0 Å². The van der Waals surface area contributed by atoms with E-state index >= 15 is 0 Å². The average molecular weight is 759 g/mol. The lowest BCUT2D eigenvalue weighted by atomic mass is 9.92. The fourth-order valence-electron chi connectivity index (χ4n) is 5.31. The Hall–Kier alpha value is -4.93. The molecule has 1 unspecified atom stereocenters. The van der Waals surface area contributed by atoms with Crippen LogP contribution in [0.3, 0.4) is 0 Å². The summed E-state index contributed by atoms with van der Waals surface area (Å²) in [5, 5.41) is 12.1. The van der Waals surface area contributed by atoms with Gasteiger partial charge in [-0.25, -0.2) is 0 Å². The van der Waals surface area contributed by atoms with Gasteiger partial charge in [0.15, 0.2) is 5.66 Å². The lowest BCUT2D eigenvalue weighted by Crippen LogP contribution is -2.31. The molecule has 0 aliphatic carbocycles. The van der Waals surface area contributed by atoms with Gasteiger partial charge in [0.25, 0.3) is 40.5 Å². The predicted molar refractivity (Wildman–Crippen MR) is 181 cm³/mol. The lowest BCUT2D eigenvalue weighted by molar-refractivity contribution is 0.480. The van der Waals surface area contributed by atoms with E-state index in [-0.39, 0.29) is 43.7 Å². The molecule has 1 atom stereocenters. The first-order valence-corrected chi connectivity index (χ1v) is 19.6. The van der Waals surface area contributed by atoms with E-state index < -0.39 is 60.8 Å². The Morgan fingerprint density at radius 1 is 0.580 bits per heavy atom. The summed E-state index contributed by atoms with van der Waals surface area (Å²) in [6, 6.07) is 17.1. The molecule has 0 aromatic heterocycles. The fraction of sp³-hybridized carbons (Fsp3) is 0.0333. The summed E-state index contributed by atoms with van der Waals surface area (Å²) in [6.45, 7) is 0. The van der Waals surface area contributed by atoms with Gasteiger partial charge in [-0.3, -0.25) is 23.2 Å². The van der Waals surface area contributed by atoms with Gasteiger partial charge < -0.3 is 5.32 Å². The van der Waals surface area contributed by atoms with Gasteiger partial charge in [-0.15, -0.1) is 5.11 Å². The Balaban J connectivity index is 1.52. The highest BCUT2D eigenvalue weighted by Crippen LogP contribution is 2.42. The highest BCUT2D eigenvalue weighted by atomic mass is 32.2. The SMILES string of the molecule is O=S(=O)(O)c1ccc(N=Nc2ccc(C3(Nc4cc5ccc(S(=O)(=O)O)cc5cc4S(=O)(=O)O)C=CC=N3)c3cc(S(=O)(=O)O)ccc23)cc1. The third kappa shape index (κ3) is 6.90. The molecule has 0 saturated carbocycles. The summed E-state index contributed by atoms with van der Waals surface area (Å²) >= 11 is 0. The van der Waals surface area contributed by atoms with Gasteiger partial charge in [0.2, 0.25) is 0 Å². The van der Waals surface area contributed by atoms with Crippen LogP contribution in [-0.2, 0) is 46.1 Å². The number of aliphatic imine (C=N–C) groups is 1. The summed E-state index contributed by atoms with van der Waals surface area (Å²) in [7, 11) is -18.8. The molecular formula is C30H22N4O12S4. The van der Waals surface area contributed by atoms with Gasteiger partial charge in [-0.05, 0) is 95.0 Å². The molecule has 0 fully saturated rings. The van der Waals surface area contributed by atoms with E-state index in [0.29, 0.717) is 5.39 Å². The quantitative estimate of drug-likeness (QED) is 0.0944. The second-order valence-electron chi connectivity index (χ2n) is 10.8. The Kier molecular flexibility index (Phi) is 8.48. The molecule has 16 nitrogen and oxygen atoms in total. The van der Waals surface area contributed by atoms with Crippen molar-refractivity contribution in [3.63, 3.8) is 0 Å². The molecule has 0 spiro atoms. The van der Waals surface area contributed by atoms with Crippen LogP contribution in [0.15, 0.2) is 132 Å². The van der Waals surface area contributed by atoms with E-state index in [1.54, 1.807) is 0 Å². The zero-order valence-electron chi connectivity index (χ0n) is 24.8. The van der Waals surface area contributed by atoms with Gasteiger partial charge in [0.05, 0.1) is 31.7 Å². The van der Waals surface area contributed by atoms with Gasteiger partial charge in [0.1, 0.15) is 4.90 Å². The Labute approximate surface area is 284 Å². The van der Waals surface area contributed by atoms with E-state index in [2.05, 4.69) is 20.5 Å². The molecule has 0 radical (unpaired) electrons. The molecule has 5 N–H and O–H groups in total. The van der Waals surface area contributed by atoms with Crippen molar-refractivity contribution < 1.29 is 51.9 Å². The molecule has 50 heavy (non-hydrogen) atoms. The number of anilines is 1. The standard InChI is InChI=1S/C30H22N4O12S4/c35-47(36,37)21-6-3-20(4-7-21)33-34-27-11-10-26(25-17-23(49(41,42)43)8-9-24(25)27)30(12-1-13-31-30)32-28-15-18-2-5-22(48(38,39)40)14-19(18)16-29(28)50(44,45)46/h1-17,32H,(H,35,36,37)(H,38,39,40)(H,41,42,43)(H,44,45,46). The molecule has 1 aliphatic rings. The first-order valence-electron chi connectivity index (χ1n) is 13.8. The smallest absolute Gasteiger partial charge is 0.296 e. The highest BCUT2D eigenvalue weighted by Gasteiger charge is 2.35. The van der Waals surface area contributed by atoms with Gasteiger partial charge in [-0.1, -0.05) is 18.2 Å². The van der Waals surface area contributed by atoms with Gasteiger partial charge in [0, 0.05) is 17.2 Å². The Morgan fingerprint density at radius 2 is 1.20 bits per heavy atom. The number of allylic oxidation sites excluding steroid dienone is 1. The molecule has 20 heteroatoms. The number of fused-ring (bicyclic) bond motifs is 2. The average Bonchev–Trinajstić information content (AvgIpc) is 3.50. The van der Waals surface area contributed by atoms with Crippen LogP contribution in [0.25, 0.3) is 21.5 Å². The molecule has 6 rings (SSSR count). The normalized spacial score (nSPS) is 16.9. The van der Waals surface area contributed by atoms with Crippen molar-refractivity contribution in [1.29, 1.82) is 0 Å². The van der Waals surface area contributed by atoms with Gasteiger partial charge in [-0.2, -0.15) is 38.8 Å². The highest BCUT2D eigenvalue weighted by molar-refractivity contribution is 7.86. The summed E-state index contributed by atoms with van der Waals surface area (Å²) in [4.78, 5) is 2.45. The van der Waals surface area contributed by atoms with Crippen LogP contribution in [0.5, 0.6) is 0 Å². The maximum absolute atomic E-state index is 12.6. The number of azo groups is 1. The third-order valence-corrected chi connectivity index (χ3v) is 11.1. The summed E-state index contributed by atoms with van der Waals surface area (Å²) in [5.41, 5.74) is -1.26. The zero-order valence-corrected chi connectivity index (χ0v) is 28.1. The molecule has 5 aromatic carbocycles. The minimum absolute atomic E-state index is 0.0448. The van der Waals surface area contributed by atoms with E-state index in [1.807, 2.05) is 0 Å². The van der Waals surface area contributed by atoms with Crippen molar-refractivity contribution in [1.82, 2.24) is 0 Å². The molecule has 1 aliphatic heterocycles. The Bertz CT molecular complexity index is 2770. The van der Waals surface area contributed by atoms with Crippen molar-refractivity contribution >= 4 is 85.3 Å². The third-order valence-electron chi connectivity index (χ3n) is 7.59. The maximum atomic E-state index is 12.6. The summed E-state index contributed by atoms with van der Waals surface area (Å²) < 4.78 is 134. The summed E-state index contributed by atoms with van der Waals surface area (Å²) in [5.74, 6) is 0. The largest absolute Gasteiger partial charge is 0.353 e. The maximum Gasteiger partial charge on any atom is 0.296 e. The first-order chi connectivity index (χ1) is 23.2. The molecular weight excluding hydrogens is 737 g/mol. The molecule has 0 bridgehead atoms. The number of nitrogens with zero attached hydrogens (tertiary/aromatic N) is 3. The van der Waals surface area contributed by atoms with Crippen molar-refractivity contribution in [2.45, 2.75) is 25.2 Å². The van der Waals surface area contributed by atoms with Gasteiger partial charge >= 0.3 is 0 Å². The lowest BCUT2D eigenvalue weighted by Gasteiger charge is -2.30. The minimum Gasteiger partial charge on any atom is -0.353 e. The first kappa shape index (κ1) is 34.9. The van der Waals surface area contributed by atoms with Crippen molar-refractivity contribution in [3.8, 4) is 0 Å². The second-order valence-corrected chi connectivity index (χ2v) is 16.5. The van der Waals surface area contributed by atoms with E-state index in [4.69, 9.17) is 0 Å². The molecule has 258 valence electrons.